The molecule has 0 saturated carbocycles. The van der Waals surface area contributed by atoms with Gasteiger partial charge in [0.15, 0.2) is 0 Å². The minimum atomic E-state index is -2.17. The summed E-state index contributed by atoms with van der Waals surface area (Å²) in [6.45, 7) is -1.71. The summed E-state index contributed by atoms with van der Waals surface area (Å²) in [6, 6.07) is 0. The smallest absolute Gasteiger partial charge is 0.402 e. The van der Waals surface area contributed by atoms with Gasteiger partial charge in [0.1, 0.15) is 12.2 Å². The topological polar surface area (TPSA) is 223 Å². The molecule has 0 bridgehead atoms. The number of hydrogen-bond acceptors (Lipinski definition) is 11. The second-order valence-electron chi connectivity index (χ2n) is 2.83. The first-order chi connectivity index (χ1) is 9.26. The van der Waals surface area contributed by atoms with Crippen molar-refractivity contribution >= 4 is 7.32 Å². The molecule has 0 atom stereocenters. The van der Waals surface area contributed by atoms with Gasteiger partial charge in [0.25, 0.3) is 0 Å². The third-order valence-electron chi connectivity index (χ3n) is 0.943. The van der Waals surface area contributed by atoms with E-state index in [1.54, 1.807) is 0 Å². The summed E-state index contributed by atoms with van der Waals surface area (Å²) in [5, 5.41) is 84.8. The van der Waals surface area contributed by atoms with Crippen molar-refractivity contribution in [2.75, 3.05) is 39.6 Å². The molecule has 0 heterocycles. The van der Waals surface area contributed by atoms with Crippen molar-refractivity contribution in [3.05, 3.63) is 0 Å². The predicted molar refractivity (Wildman–Crippen MR) is 66.9 cm³/mol. The lowest BCUT2D eigenvalue weighted by molar-refractivity contribution is 0.0450. The van der Waals surface area contributed by atoms with Gasteiger partial charge in [0.05, 0.1) is 39.6 Å². The van der Waals surface area contributed by atoms with E-state index < -0.39 is 19.5 Å². The van der Waals surface area contributed by atoms with Crippen LogP contribution in [0.1, 0.15) is 0 Å². The van der Waals surface area contributed by atoms with Crippen molar-refractivity contribution in [3.63, 3.8) is 0 Å². The summed E-state index contributed by atoms with van der Waals surface area (Å²) in [6.07, 6.45) is -1.91. The normalized spacial score (nSPS) is 8.85. The van der Waals surface area contributed by atoms with Gasteiger partial charge in [-0.2, -0.15) is 0 Å². The molecule has 11 N–H and O–H groups in total. The molecule has 20 heavy (non-hydrogen) atoms. The van der Waals surface area contributed by atoms with Gasteiger partial charge in [0.2, 0.25) is 0 Å². The lowest BCUT2D eigenvalue weighted by Crippen LogP contribution is -2.15. The van der Waals surface area contributed by atoms with Crippen LogP contribution in [0.3, 0.4) is 0 Å². The van der Waals surface area contributed by atoms with E-state index in [1.165, 1.54) is 0 Å². The molecule has 0 radical (unpaired) electrons. The third-order valence-corrected chi connectivity index (χ3v) is 0.943. The number of aliphatic hydroxyl groups is 8. The molecule has 12 heteroatoms. The first-order valence-corrected chi connectivity index (χ1v) is 5.32. The minimum Gasteiger partial charge on any atom is -0.402 e. The lowest BCUT2D eigenvalue weighted by Gasteiger charge is -1.96. The molecule has 0 aromatic heterocycles. The molecular formula is C8H25BO11. The summed E-state index contributed by atoms with van der Waals surface area (Å²) < 4.78 is 0. The van der Waals surface area contributed by atoms with E-state index in [2.05, 4.69) is 0 Å². The van der Waals surface area contributed by atoms with Crippen molar-refractivity contribution in [2.24, 2.45) is 0 Å². The maximum atomic E-state index is 8.17. The van der Waals surface area contributed by atoms with Crippen molar-refractivity contribution in [2.45, 2.75) is 12.2 Å². The number of aliphatic hydroxyl groups excluding tert-OH is 8. The molecule has 0 spiro atoms. The fourth-order valence-electron chi connectivity index (χ4n) is 0.115. The maximum absolute atomic E-state index is 8.17. The number of rotatable bonds is 5. The van der Waals surface area contributed by atoms with Crippen LogP contribution in [-0.2, 0) is 0 Å². The van der Waals surface area contributed by atoms with Gasteiger partial charge in [-0.25, -0.2) is 0 Å². The van der Waals surface area contributed by atoms with Crippen molar-refractivity contribution < 1.29 is 55.9 Å². The second-order valence-corrected chi connectivity index (χ2v) is 2.83. The van der Waals surface area contributed by atoms with Crippen LogP contribution < -0.4 is 0 Å². The molecule has 0 aromatic carbocycles. The van der Waals surface area contributed by atoms with Crippen molar-refractivity contribution in [3.8, 4) is 0 Å². The monoisotopic (exact) mass is 308 g/mol. The standard InChI is InChI=1S/2C3H8O3.C2H6O2.BH3O3/c2*4-1-3(6)2-5;3-1-2-4;2-1(3)4/h2*3-6H,1-2H2;3-4H,1-2H2;2-4H. The SMILES string of the molecule is OB(O)O.OCC(O)CO.OCC(O)CO.OCCO. The minimum absolute atomic E-state index is 0.125. The van der Waals surface area contributed by atoms with Crippen LogP contribution in [0.4, 0.5) is 0 Å². The van der Waals surface area contributed by atoms with Crippen LogP contribution in [0.2, 0.25) is 0 Å². The lowest BCUT2D eigenvalue weighted by atomic mass is 10.3. The van der Waals surface area contributed by atoms with Crippen LogP contribution >= 0.6 is 0 Å². The molecule has 0 saturated heterocycles. The summed E-state index contributed by atoms with van der Waals surface area (Å²) in [5.74, 6) is 0. The van der Waals surface area contributed by atoms with Gasteiger partial charge in [-0.3, -0.25) is 0 Å². The van der Waals surface area contributed by atoms with E-state index in [1.807, 2.05) is 0 Å². The van der Waals surface area contributed by atoms with Gasteiger partial charge < -0.3 is 55.9 Å². The summed E-state index contributed by atoms with van der Waals surface area (Å²) in [5.41, 5.74) is 0. The molecule has 0 aliphatic heterocycles. The Labute approximate surface area is 116 Å². The Balaban J connectivity index is -0.0000000871. The predicted octanol–water partition coefficient (Wildman–Crippen LogP) is -6.42. The molecule has 0 rings (SSSR count). The van der Waals surface area contributed by atoms with E-state index >= 15 is 0 Å². The molecule has 0 unspecified atom stereocenters. The molecule has 126 valence electrons. The molecule has 0 amide bonds. The van der Waals surface area contributed by atoms with Crippen LogP contribution in [0.5, 0.6) is 0 Å². The van der Waals surface area contributed by atoms with Gasteiger partial charge >= 0.3 is 7.32 Å². The highest BCUT2D eigenvalue weighted by molar-refractivity contribution is 6.30. The van der Waals surface area contributed by atoms with Crippen LogP contribution in [0.15, 0.2) is 0 Å². The van der Waals surface area contributed by atoms with Gasteiger partial charge in [-0.15, -0.1) is 0 Å². The Morgan fingerprint density at radius 3 is 0.700 bits per heavy atom. The Morgan fingerprint density at radius 1 is 0.550 bits per heavy atom. The Morgan fingerprint density at radius 2 is 0.700 bits per heavy atom. The summed E-state index contributed by atoms with van der Waals surface area (Å²) in [4.78, 5) is 0. The van der Waals surface area contributed by atoms with Crippen LogP contribution in [-0.4, -0.2) is 115 Å². The zero-order valence-corrected chi connectivity index (χ0v) is 10.9. The van der Waals surface area contributed by atoms with Crippen molar-refractivity contribution in [1.29, 1.82) is 0 Å². The first-order valence-electron chi connectivity index (χ1n) is 5.32. The van der Waals surface area contributed by atoms with E-state index in [-0.39, 0.29) is 39.6 Å². The molecule has 0 fully saturated rings. The quantitative estimate of drug-likeness (QED) is 0.214. The Hall–Kier alpha value is -0.375. The zero-order chi connectivity index (χ0) is 17.0. The van der Waals surface area contributed by atoms with Crippen molar-refractivity contribution in [1.82, 2.24) is 0 Å². The molecular weight excluding hydrogens is 283 g/mol. The highest BCUT2D eigenvalue weighted by Gasteiger charge is 1.94. The average molecular weight is 308 g/mol. The first kappa shape index (κ1) is 27.9. The molecule has 0 aromatic rings. The van der Waals surface area contributed by atoms with Crippen LogP contribution in [0.25, 0.3) is 0 Å². The van der Waals surface area contributed by atoms with Gasteiger partial charge in [0, 0.05) is 0 Å². The highest BCUT2D eigenvalue weighted by atomic mass is 16.5. The van der Waals surface area contributed by atoms with Crippen LogP contribution in [0, 0.1) is 0 Å². The van der Waals surface area contributed by atoms with E-state index in [0.29, 0.717) is 0 Å². The fraction of sp³-hybridized carbons (Fsp3) is 1.00. The van der Waals surface area contributed by atoms with E-state index in [4.69, 9.17) is 55.9 Å². The van der Waals surface area contributed by atoms with Gasteiger partial charge in [-0.05, 0) is 0 Å². The highest BCUT2D eigenvalue weighted by Crippen LogP contribution is 1.72. The summed E-state index contributed by atoms with van der Waals surface area (Å²) in [7, 11) is -2.17. The van der Waals surface area contributed by atoms with E-state index in [0.717, 1.165) is 0 Å². The van der Waals surface area contributed by atoms with Gasteiger partial charge in [-0.1, -0.05) is 0 Å². The second kappa shape index (κ2) is 27.0. The van der Waals surface area contributed by atoms with E-state index in [9.17, 15) is 0 Å². The number of hydrogen-bond donors (Lipinski definition) is 11. The molecule has 0 aliphatic carbocycles. The largest absolute Gasteiger partial charge is 0.631 e. The third kappa shape index (κ3) is 65.5. The summed E-state index contributed by atoms with van der Waals surface area (Å²) >= 11 is 0. The zero-order valence-electron chi connectivity index (χ0n) is 10.9. The maximum Gasteiger partial charge on any atom is 0.631 e. The Bertz CT molecular complexity index is 117. The molecule has 11 nitrogen and oxygen atoms in total. The fourth-order valence-corrected chi connectivity index (χ4v) is 0.115. The molecule has 0 aliphatic rings. The average Bonchev–Trinajstić information content (AvgIpc) is 2.45. The Kier molecular flexibility index (Phi) is 37.7.